The molecule has 0 aliphatic carbocycles. The number of nitrogens with one attached hydrogen (secondary N) is 1. The standard InChI is InChI=1S/C18H15NO2/c1-2-11-9-14-15-10-21-17-6-4-3-5-13(17)12(15)7-8-16(14)19-18(11)20/h3-9H,2,10H2,1H3,(H,19,20). The molecule has 2 aromatic carbocycles. The molecular formula is C18H15NO2. The fraction of sp³-hybridized carbons (Fsp3) is 0.167. The van der Waals surface area contributed by atoms with Crippen LogP contribution in [0, 0.1) is 0 Å². The lowest BCUT2D eigenvalue weighted by molar-refractivity contribution is 0.304. The zero-order chi connectivity index (χ0) is 14.4. The first-order valence-electron chi connectivity index (χ1n) is 7.18. The molecule has 1 aliphatic rings. The van der Waals surface area contributed by atoms with E-state index in [4.69, 9.17) is 4.74 Å². The lowest BCUT2D eigenvalue weighted by atomic mass is 9.93. The van der Waals surface area contributed by atoms with E-state index in [1.807, 2.05) is 37.3 Å². The average Bonchev–Trinajstić information content (AvgIpc) is 2.53. The summed E-state index contributed by atoms with van der Waals surface area (Å²) in [7, 11) is 0. The largest absolute Gasteiger partial charge is 0.488 e. The van der Waals surface area contributed by atoms with Crippen molar-refractivity contribution < 1.29 is 4.74 Å². The van der Waals surface area contributed by atoms with E-state index in [0.29, 0.717) is 6.61 Å². The first-order valence-corrected chi connectivity index (χ1v) is 7.18. The Labute approximate surface area is 122 Å². The molecule has 0 saturated carbocycles. The Morgan fingerprint density at radius 1 is 1.14 bits per heavy atom. The number of para-hydroxylation sites is 1. The van der Waals surface area contributed by atoms with E-state index < -0.39 is 0 Å². The second-order valence-electron chi connectivity index (χ2n) is 5.32. The third-order valence-corrected chi connectivity index (χ3v) is 4.15. The summed E-state index contributed by atoms with van der Waals surface area (Å²) in [6, 6.07) is 14.1. The van der Waals surface area contributed by atoms with Crippen molar-refractivity contribution in [3.63, 3.8) is 0 Å². The Bertz CT molecular complexity index is 909. The van der Waals surface area contributed by atoms with Gasteiger partial charge in [0, 0.05) is 27.6 Å². The molecule has 1 aliphatic heterocycles. The molecule has 0 radical (unpaired) electrons. The van der Waals surface area contributed by atoms with Crippen LogP contribution in [0.15, 0.2) is 47.3 Å². The number of aromatic nitrogens is 1. The SMILES string of the molecule is CCc1cc2c3c(ccc2[nH]c1=O)-c1ccccc1OC3. The molecule has 1 aromatic heterocycles. The molecular weight excluding hydrogens is 262 g/mol. The third-order valence-electron chi connectivity index (χ3n) is 4.15. The number of fused-ring (bicyclic) bond motifs is 5. The predicted molar refractivity (Wildman–Crippen MR) is 83.7 cm³/mol. The lowest BCUT2D eigenvalue weighted by Gasteiger charge is -2.22. The van der Waals surface area contributed by atoms with Gasteiger partial charge in [-0.1, -0.05) is 31.2 Å². The van der Waals surface area contributed by atoms with Gasteiger partial charge in [-0.2, -0.15) is 0 Å². The summed E-state index contributed by atoms with van der Waals surface area (Å²) in [4.78, 5) is 14.9. The molecule has 2 heterocycles. The second kappa shape index (κ2) is 4.48. The van der Waals surface area contributed by atoms with Crippen molar-refractivity contribution in [2.24, 2.45) is 0 Å². The van der Waals surface area contributed by atoms with Gasteiger partial charge in [-0.05, 0) is 30.2 Å². The van der Waals surface area contributed by atoms with Crippen LogP contribution in [-0.4, -0.2) is 4.98 Å². The van der Waals surface area contributed by atoms with E-state index >= 15 is 0 Å². The minimum atomic E-state index is 0.00192. The van der Waals surface area contributed by atoms with Crippen LogP contribution < -0.4 is 10.3 Å². The van der Waals surface area contributed by atoms with Gasteiger partial charge in [-0.3, -0.25) is 4.79 Å². The normalized spacial score (nSPS) is 12.6. The zero-order valence-electron chi connectivity index (χ0n) is 11.8. The highest BCUT2D eigenvalue weighted by molar-refractivity contribution is 5.91. The van der Waals surface area contributed by atoms with Gasteiger partial charge >= 0.3 is 0 Å². The lowest BCUT2D eigenvalue weighted by Crippen LogP contribution is -2.13. The Morgan fingerprint density at radius 2 is 2.00 bits per heavy atom. The summed E-state index contributed by atoms with van der Waals surface area (Å²) in [5, 5.41) is 1.08. The number of benzene rings is 2. The van der Waals surface area contributed by atoms with Crippen LogP contribution in [-0.2, 0) is 13.0 Å². The molecule has 104 valence electrons. The van der Waals surface area contributed by atoms with Crippen molar-refractivity contribution in [2.45, 2.75) is 20.0 Å². The first-order chi connectivity index (χ1) is 10.3. The molecule has 1 N–H and O–H groups in total. The summed E-state index contributed by atoms with van der Waals surface area (Å²) in [5.74, 6) is 0.921. The van der Waals surface area contributed by atoms with E-state index in [1.54, 1.807) is 0 Å². The monoisotopic (exact) mass is 277 g/mol. The maximum atomic E-state index is 11.9. The molecule has 21 heavy (non-hydrogen) atoms. The van der Waals surface area contributed by atoms with Crippen LogP contribution in [0.4, 0.5) is 0 Å². The summed E-state index contributed by atoms with van der Waals surface area (Å²) in [5.41, 5.74) is 5.15. The van der Waals surface area contributed by atoms with Crippen molar-refractivity contribution >= 4 is 10.9 Å². The summed E-state index contributed by atoms with van der Waals surface area (Å²) in [6.45, 7) is 2.54. The van der Waals surface area contributed by atoms with Crippen molar-refractivity contribution in [1.82, 2.24) is 4.98 Å². The van der Waals surface area contributed by atoms with Crippen LogP contribution in [0.5, 0.6) is 5.75 Å². The predicted octanol–water partition coefficient (Wildman–Crippen LogP) is 3.65. The number of aryl methyl sites for hydroxylation is 1. The number of hydrogen-bond acceptors (Lipinski definition) is 2. The average molecular weight is 277 g/mol. The third kappa shape index (κ3) is 1.77. The summed E-state index contributed by atoms with van der Waals surface area (Å²) >= 11 is 0. The van der Waals surface area contributed by atoms with Gasteiger partial charge < -0.3 is 9.72 Å². The fourth-order valence-electron chi connectivity index (χ4n) is 3.02. The van der Waals surface area contributed by atoms with Crippen molar-refractivity contribution in [3.05, 3.63) is 63.9 Å². The van der Waals surface area contributed by atoms with Gasteiger partial charge in [0.2, 0.25) is 0 Å². The molecule has 0 atom stereocenters. The van der Waals surface area contributed by atoms with Crippen molar-refractivity contribution in [1.29, 1.82) is 0 Å². The number of aromatic amines is 1. The smallest absolute Gasteiger partial charge is 0.251 e. The van der Waals surface area contributed by atoms with Crippen molar-refractivity contribution in [3.8, 4) is 16.9 Å². The van der Waals surface area contributed by atoms with Gasteiger partial charge in [-0.25, -0.2) is 0 Å². The van der Waals surface area contributed by atoms with E-state index in [9.17, 15) is 4.79 Å². The molecule has 0 fully saturated rings. The van der Waals surface area contributed by atoms with Gasteiger partial charge in [-0.15, -0.1) is 0 Å². The quantitative estimate of drug-likeness (QED) is 0.737. The molecule has 3 nitrogen and oxygen atoms in total. The number of pyridine rings is 1. The zero-order valence-corrected chi connectivity index (χ0v) is 11.8. The van der Waals surface area contributed by atoms with Gasteiger partial charge in [0.25, 0.3) is 5.56 Å². The number of H-pyrrole nitrogens is 1. The molecule has 0 unspecified atom stereocenters. The van der Waals surface area contributed by atoms with E-state index in [0.717, 1.165) is 39.8 Å². The highest BCUT2D eigenvalue weighted by Crippen LogP contribution is 2.39. The molecule has 4 rings (SSSR count). The highest BCUT2D eigenvalue weighted by atomic mass is 16.5. The van der Waals surface area contributed by atoms with Gasteiger partial charge in [0.15, 0.2) is 0 Å². The van der Waals surface area contributed by atoms with Crippen molar-refractivity contribution in [2.75, 3.05) is 0 Å². The Kier molecular flexibility index (Phi) is 2.61. The van der Waals surface area contributed by atoms with Crippen LogP contribution in [0.25, 0.3) is 22.0 Å². The summed E-state index contributed by atoms with van der Waals surface area (Å²) < 4.78 is 5.87. The van der Waals surface area contributed by atoms with Gasteiger partial charge in [0.05, 0.1) is 0 Å². The molecule has 3 aromatic rings. The molecule has 3 heteroatoms. The van der Waals surface area contributed by atoms with Gasteiger partial charge in [0.1, 0.15) is 12.4 Å². The van der Waals surface area contributed by atoms with E-state index in [1.165, 1.54) is 5.56 Å². The van der Waals surface area contributed by atoms with Crippen LogP contribution >= 0.6 is 0 Å². The van der Waals surface area contributed by atoms with Crippen LogP contribution in [0.3, 0.4) is 0 Å². The minimum absolute atomic E-state index is 0.00192. The maximum absolute atomic E-state index is 11.9. The molecule has 0 saturated heterocycles. The molecule has 0 bridgehead atoms. The Hall–Kier alpha value is -2.55. The number of ether oxygens (including phenoxy) is 1. The fourth-order valence-corrected chi connectivity index (χ4v) is 3.02. The maximum Gasteiger partial charge on any atom is 0.251 e. The molecule has 0 spiro atoms. The van der Waals surface area contributed by atoms with Crippen LogP contribution in [0.1, 0.15) is 18.1 Å². The minimum Gasteiger partial charge on any atom is -0.488 e. The highest BCUT2D eigenvalue weighted by Gasteiger charge is 2.19. The summed E-state index contributed by atoms with van der Waals surface area (Å²) in [6.07, 6.45) is 0.729. The van der Waals surface area contributed by atoms with Crippen LogP contribution in [0.2, 0.25) is 0 Å². The topological polar surface area (TPSA) is 42.1 Å². The van der Waals surface area contributed by atoms with E-state index in [-0.39, 0.29) is 5.56 Å². The Balaban J connectivity index is 2.06. The van der Waals surface area contributed by atoms with E-state index in [2.05, 4.69) is 17.1 Å². The Morgan fingerprint density at radius 3 is 2.86 bits per heavy atom. The number of hydrogen-bond donors (Lipinski definition) is 1. The second-order valence-corrected chi connectivity index (χ2v) is 5.32. The molecule has 0 amide bonds. The first kappa shape index (κ1) is 12.2. The number of rotatable bonds is 1.